The van der Waals surface area contributed by atoms with Crippen molar-refractivity contribution in [1.29, 1.82) is 0 Å². The largest absolute Gasteiger partial charge is 0.391 e. The number of carbonyl (C=O) groups is 10. The third-order valence-corrected chi connectivity index (χ3v) is 12.9. The first-order valence-electron chi connectivity index (χ1n) is 24.9. The summed E-state index contributed by atoms with van der Waals surface area (Å²) in [6.07, 6.45) is 1.05. The highest BCUT2D eigenvalue weighted by molar-refractivity contribution is 7.90. The van der Waals surface area contributed by atoms with E-state index in [4.69, 9.17) is 11.5 Å². The summed E-state index contributed by atoms with van der Waals surface area (Å²) in [6, 6.07) is -9.03. The molecule has 1 aliphatic rings. The molecule has 27 heteroatoms. The molecular formula is C46H83N13O13S. The number of likely N-dealkylation sites (N-methyl/N-ethyl adjacent to an activating group) is 2. The molecule has 1 fully saturated rings. The van der Waals surface area contributed by atoms with Crippen molar-refractivity contribution >= 4 is 74.9 Å². The zero-order valence-electron chi connectivity index (χ0n) is 44.1. The van der Waals surface area contributed by atoms with Crippen LogP contribution in [0.3, 0.4) is 0 Å². The highest BCUT2D eigenvalue weighted by Crippen LogP contribution is 2.21. The van der Waals surface area contributed by atoms with Gasteiger partial charge in [-0.2, -0.15) is 0 Å². The molecule has 1 saturated heterocycles. The van der Waals surface area contributed by atoms with Crippen molar-refractivity contribution in [3.63, 3.8) is 0 Å². The van der Waals surface area contributed by atoms with Crippen molar-refractivity contribution in [3.8, 4) is 0 Å². The fourth-order valence-corrected chi connectivity index (χ4v) is 8.30. The summed E-state index contributed by atoms with van der Waals surface area (Å²) in [7, 11) is -2.30. The number of aliphatic hydroxyl groups is 1. The van der Waals surface area contributed by atoms with Gasteiger partial charge in [-0.15, -0.1) is 0 Å². The van der Waals surface area contributed by atoms with Crippen LogP contribution in [0, 0.1) is 11.8 Å². The molecular weight excluding hydrogens is 975 g/mol. The van der Waals surface area contributed by atoms with Crippen molar-refractivity contribution in [2.45, 2.75) is 162 Å². The van der Waals surface area contributed by atoms with Crippen LogP contribution in [0.2, 0.25) is 0 Å². The second kappa shape index (κ2) is 32.1. The van der Waals surface area contributed by atoms with Crippen LogP contribution in [0.25, 0.3) is 0 Å². The Bertz CT molecular complexity index is 2050. The van der Waals surface area contributed by atoms with Gasteiger partial charge in [-0.05, 0) is 70.6 Å². The second-order valence-electron chi connectivity index (χ2n) is 18.9. The van der Waals surface area contributed by atoms with Crippen LogP contribution in [0.4, 0.5) is 0 Å². The van der Waals surface area contributed by atoms with E-state index in [1.54, 1.807) is 41.5 Å². The van der Waals surface area contributed by atoms with Gasteiger partial charge in [-0.25, -0.2) is 8.42 Å². The molecule has 0 aliphatic carbocycles. The fourth-order valence-electron chi connectivity index (χ4n) is 7.63. The average Bonchev–Trinajstić information content (AvgIpc) is 3.80. The molecule has 73 heavy (non-hydrogen) atoms. The van der Waals surface area contributed by atoms with Gasteiger partial charge in [-0.1, -0.05) is 47.5 Å². The van der Waals surface area contributed by atoms with Gasteiger partial charge in [0.1, 0.15) is 52.1 Å². The first-order valence-corrected chi connectivity index (χ1v) is 26.9. The lowest BCUT2D eigenvalue weighted by Crippen LogP contribution is -2.62. The molecule has 0 bridgehead atoms. The number of hydrogen-bond acceptors (Lipinski definition) is 14. The van der Waals surface area contributed by atoms with Gasteiger partial charge in [0, 0.05) is 39.9 Å². The minimum atomic E-state index is -3.67. The SMILES string of the molecule is CCC[C@H](NC(=O)[C@@H](NC(=O)[C@@H](CC(C)C)NC(=O)[C@H](CCS(C)(=O)=O)NC(=O)CNC(=O)CN(C)C(C)=O)[C@@H](C)O)C(=O)N[C@H](C(=O)N[C@@H](CCCN=C(N)N)C(=O)N1CCC[C@H]1C(=O)NCC)[C@@H](C)CC. The summed E-state index contributed by atoms with van der Waals surface area (Å²) in [5, 5.41) is 31.3. The summed E-state index contributed by atoms with van der Waals surface area (Å²) >= 11 is 0. The van der Waals surface area contributed by atoms with E-state index >= 15 is 0 Å². The van der Waals surface area contributed by atoms with E-state index in [-0.39, 0.29) is 63.1 Å². The Kier molecular flexibility index (Phi) is 28.6. The highest BCUT2D eigenvalue weighted by Gasteiger charge is 2.40. The molecule has 1 aliphatic heterocycles. The zero-order valence-corrected chi connectivity index (χ0v) is 44.9. The summed E-state index contributed by atoms with van der Waals surface area (Å²) in [5.74, 6) is -8.67. The fraction of sp³-hybridized carbons (Fsp3) is 0.761. The van der Waals surface area contributed by atoms with Gasteiger partial charge in [0.15, 0.2) is 5.96 Å². The molecule has 9 atom stereocenters. The number of carbonyl (C=O) groups excluding carboxylic acids is 10. The standard InChI is InChI=1S/C46H83N13O13S/c1-11-16-30(40(65)56-37(27(6)12-2)43(68)54-32(17-14-20-50-46(47)48)45(70)59-21-15-18-34(59)42(67)49-13-3)53-44(69)38(28(7)60)57-41(66)33(23-26(4)5)55-39(64)31(19-22-73(10,71)72)52-35(62)24-51-36(63)25-58(9)29(8)61/h26-28,30-34,37-38,60H,11-25H2,1-10H3,(H,49,67)(H,51,63)(H,52,62)(H,53,69)(H,54,68)(H,55,64)(H,56,65)(H,57,66)(H4,47,48,50)/t27-,28+,30-,31-,32-,33+,34-,37-,38-/m0/s1. The lowest BCUT2D eigenvalue weighted by atomic mass is 9.96. The first kappa shape index (κ1) is 64.9. The Morgan fingerprint density at radius 2 is 1.30 bits per heavy atom. The zero-order chi connectivity index (χ0) is 55.7. The maximum absolute atomic E-state index is 14.2. The molecule has 416 valence electrons. The molecule has 1 rings (SSSR count). The number of nitrogens with two attached hydrogens (primary N) is 2. The molecule has 10 amide bonds. The summed E-state index contributed by atoms with van der Waals surface area (Å²) in [6.45, 7) is 12.7. The van der Waals surface area contributed by atoms with Gasteiger partial charge in [0.05, 0.1) is 24.9 Å². The number of sulfone groups is 1. The van der Waals surface area contributed by atoms with E-state index in [0.29, 0.717) is 32.2 Å². The number of aliphatic hydroxyl groups excluding tert-OH is 1. The Morgan fingerprint density at radius 1 is 0.740 bits per heavy atom. The monoisotopic (exact) mass is 1060 g/mol. The van der Waals surface area contributed by atoms with Crippen LogP contribution in [0.5, 0.6) is 0 Å². The maximum Gasteiger partial charge on any atom is 0.245 e. The van der Waals surface area contributed by atoms with Crippen LogP contribution in [0.1, 0.15) is 113 Å². The topological polar surface area (TPSA) is 392 Å². The van der Waals surface area contributed by atoms with Crippen molar-refractivity contribution in [1.82, 2.24) is 52.3 Å². The number of aliphatic imine (C=N–C) groups is 1. The maximum atomic E-state index is 14.2. The predicted octanol–water partition coefficient (Wildman–Crippen LogP) is -3.62. The molecule has 0 spiro atoms. The van der Waals surface area contributed by atoms with Gasteiger partial charge < -0.3 is 68.9 Å². The summed E-state index contributed by atoms with van der Waals surface area (Å²) < 4.78 is 24.2. The minimum absolute atomic E-state index is 0.0341. The first-order chi connectivity index (χ1) is 34.1. The third-order valence-electron chi connectivity index (χ3n) is 11.9. The van der Waals surface area contributed by atoms with Gasteiger partial charge in [0.2, 0.25) is 59.1 Å². The molecule has 0 aromatic heterocycles. The number of nitrogens with one attached hydrogen (secondary N) is 8. The lowest BCUT2D eigenvalue weighted by molar-refractivity contribution is -0.142. The van der Waals surface area contributed by atoms with Crippen LogP contribution in [-0.2, 0) is 57.8 Å². The number of nitrogens with zero attached hydrogens (tertiary/aromatic N) is 3. The van der Waals surface area contributed by atoms with Crippen molar-refractivity contribution in [2.75, 3.05) is 51.8 Å². The number of amides is 10. The van der Waals surface area contributed by atoms with Crippen LogP contribution in [-0.4, -0.2) is 189 Å². The Balaban J connectivity index is 3.37. The third kappa shape index (κ3) is 24.0. The van der Waals surface area contributed by atoms with E-state index in [2.05, 4.69) is 47.5 Å². The molecule has 1 heterocycles. The molecule has 0 unspecified atom stereocenters. The van der Waals surface area contributed by atoms with Crippen molar-refractivity contribution in [3.05, 3.63) is 0 Å². The number of hydrogen-bond donors (Lipinski definition) is 11. The van der Waals surface area contributed by atoms with Gasteiger partial charge >= 0.3 is 0 Å². The summed E-state index contributed by atoms with van der Waals surface area (Å²) in [5.41, 5.74) is 11.0. The molecule has 26 nitrogen and oxygen atoms in total. The van der Waals surface area contributed by atoms with E-state index in [9.17, 15) is 61.5 Å². The molecule has 0 saturated carbocycles. The highest BCUT2D eigenvalue weighted by atomic mass is 32.2. The summed E-state index contributed by atoms with van der Waals surface area (Å²) in [4.78, 5) is 140. The number of rotatable bonds is 32. The van der Waals surface area contributed by atoms with Gasteiger partial charge in [0.25, 0.3) is 0 Å². The Hall–Kier alpha value is -6.12. The number of likely N-dealkylation sites (tertiary alicyclic amines) is 1. The lowest BCUT2D eigenvalue weighted by Gasteiger charge is -2.31. The minimum Gasteiger partial charge on any atom is -0.391 e. The Labute approximate surface area is 429 Å². The van der Waals surface area contributed by atoms with Crippen LogP contribution >= 0.6 is 0 Å². The van der Waals surface area contributed by atoms with E-state index in [1.165, 1.54) is 25.8 Å². The average molecular weight is 1060 g/mol. The quantitative estimate of drug-likeness (QED) is 0.0176. The van der Waals surface area contributed by atoms with Crippen LogP contribution in [0.15, 0.2) is 4.99 Å². The normalized spacial score (nSPS) is 16.7. The van der Waals surface area contributed by atoms with E-state index < -0.39 is 136 Å². The molecule has 0 radical (unpaired) electrons. The van der Waals surface area contributed by atoms with Crippen LogP contribution < -0.4 is 54.0 Å². The molecule has 13 N–H and O–H groups in total. The smallest absolute Gasteiger partial charge is 0.245 e. The van der Waals surface area contributed by atoms with Gasteiger partial charge in [-0.3, -0.25) is 52.9 Å². The van der Waals surface area contributed by atoms with E-state index in [0.717, 1.165) is 11.2 Å². The Morgan fingerprint density at radius 3 is 1.85 bits per heavy atom. The number of guanidine groups is 1. The second-order valence-corrected chi connectivity index (χ2v) is 21.2. The van der Waals surface area contributed by atoms with E-state index in [1.807, 2.05) is 0 Å². The van der Waals surface area contributed by atoms with Crippen molar-refractivity contribution in [2.24, 2.45) is 28.3 Å². The molecule has 0 aromatic carbocycles. The molecule has 0 aromatic rings. The predicted molar refractivity (Wildman–Crippen MR) is 271 cm³/mol. The van der Waals surface area contributed by atoms with Crippen molar-refractivity contribution < 1.29 is 61.5 Å².